The summed E-state index contributed by atoms with van der Waals surface area (Å²) in [4.78, 5) is 14.9. The van der Waals surface area contributed by atoms with E-state index in [1.165, 1.54) is 0 Å². The largest absolute Gasteiger partial charge is 0.317 e. The lowest BCUT2D eigenvalue weighted by molar-refractivity contribution is 0.101. The van der Waals surface area contributed by atoms with Crippen LogP contribution in [-0.2, 0) is 0 Å². The maximum absolute atomic E-state index is 13.2. The molecular weight excluding hydrogens is 237 g/mol. The molecule has 17 heavy (non-hydrogen) atoms. The average Bonchev–Trinajstić information content (AvgIpc) is 2.83. The van der Waals surface area contributed by atoms with Gasteiger partial charge in [0.1, 0.15) is 6.33 Å². The van der Waals surface area contributed by atoms with E-state index in [1.807, 2.05) is 5.32 Å². The third-order valence-electron chi connectivity index (χ3n) is 1.91. The third-order valence-corrected chi connectivity index (χ3v) is 1.91. The first-order chi connectivity index (χ1) is 8.09. The summed E-state index contributed by atoms with van der Waals surface area (Å²) in [6, 6.07) is 1.61. The maximum atomic E-state index is 13.2. The van der Waals surface area contributed by atoms with Crippen LogP contribution >= 0.6 is 0 Å². The summed E-state index contributed by atoms with van der Waals surface area (Å²) >= 11 is 0. The molecule has 0 aliphatic carbocycles. The SMILES string of the molecule is O=C(Nc1ccc(F)c(F)c1F)c1ncn[nH]1. The first kappa shape index (κ1) is 11.1. The Morgan fingerprint density at radius 1 is 1.24 bits per heavy atom. The van der Waals surface area contributed by atoms with Crippen molar-refractivity contribution in [3.05, 3.63) is 41.7 Å². The Labute approximate surface area is 92.7 Å². The van der Waals surface area contributed by atoms with Gasteiger partial charge in [-0.05, 0) is 12.1 Å². The van der Waals surface area contributed by atoms with Gasteiger partial charge in [0.25, 0.3) is 5.91 Å². The number of nitrogens with one attached hydrogen (secondary N) is 2. The molecule has 0 spiro atoms. The van der Waals surface area contributed by atoms with E-state index in [0.29, 0.717) is 6.07 Å². The second kappa shape index (κ2) is 4.24. The number of H-pyrrole nitrogens is 1. The van der Waals surface area contributed by atoms with Gasteiger partial charge in [-0.15, -0.1) is 0 Å². The highest BCUT2D eigenvalue weighted by atomic mass is 19.2. The van der Waals surface area contributed by atoms with Crippen LogP contribution in [0.15, 0.2) is 18.5 Å². The second-order valence-electron chi connectivity index (χ2n) is 3.01. The fraction of sp³-hybridized carbons (Fsp3) is 0. The summed E-state index contributed by atoms with van der Waals surface area (Å²) in [6.45, 7) is 0. The topological polar surface area (TPSA) is 70.7 Å². The van der Waals surface area contributed by atoms with Gasteiger partial charge in [0.05, 0.1) is 5.69 Å². The number of anilines is 1. The number of aromatic nitrogens is 3. The smallest absolute Gasteiger partial charge is 0.293 e. The van der Waals surface area contributed by atoms with Gasteiger partial charge in [-0.1, -0.05) is 0 Å². The zero-order valence-electron chi connectivity index (χ0n) is 8.17. The zero-order valence-corrected chi connectivity index (χ0v) is 8.17. The molecule has 1 amide bonds. The van der Waals surface area contributed by atoms with Crippen molar-refractivity contribution >= 4 is 11.6 Å². The maximum Gasteiger partial charge on any atom is 0.293 e. The van der Waals surface area contributed by atoms with E-state index in [1.54, 1.807) is 0 Å². The molecule has 0 unspecified atom stereocenters. The van der Waals surface area contributed by atoms with Crippen molar-refractivity contribution in [2.75, 3.05) is 5.32 Å². The number of carbonyl (C=O) groups is 1. The lowest BCUT2D eigenvalue weighted by Gasteiger charge is -2.05. The molecule has 0 fully saturated rings. The Kier molecular flexibility index (Phi) is 2.77. The molecule has 1 aromatic carbocycles. The number of amides is 1. The number of hydrogen-bond donors (Lipinski definition) is 2. The van der Waals surface area contributed by atoms with E-state index in [-0.39, 0.29) is 5.82 Å². The van der Waals surface area contributed by atoms with E-state index in [0.717, 1.165) is 12.4 Å². The van der Waals surface area contributed by atoms with Crippen molar-refractivity contribution in [3.8, 4) is 0 Å². The van der Waals surface area contributed by atoms with Crippen LogP contribution in [0.5, 0.6) is 0 Å². The highest BCUT2D eigenvalue weighted by Gasteiger charge is 2.16. The van der Waals surface area contributed by atoms with E-state index < -0.39 is 29.0 Å². The minimum absolute atomic E-state index is 0.172. The number of nitrogens with zero attached hydrogens (tertiary/aromatic N) is 2. The molecule has 1 aromatic heterocycles. The molecule has 0 saturated carbocycles. The molecule has 0 aliphatic rings. The summed E-state index contributed by atoms with van der Waals surface area (Å²) < 4.78 is 38.6. The Bertz CT molecular complexity index is 556. The van der Waals surface area contributed by atoms with Crippen LogP contribution in [0.25, 0.3) is 0 Å². The highest BCUT2D eigenvalue weighted by Crippen LogP contribution is 2.19. The van der Waals surface area contributed by atoms with Crippen molar-refractivity contribution in [2.24, 2.45) is 0 Å². The van der Waals surface area contributed by atoms with Gasteiger partial charge in [0.2, 0.25) is 5.82 Å². The molecular formula is C9H5F3N4O. The van der Waals surface area contributed by atoms with Crippen molar-refractivity contribution < 1.29 is 18.0 Å². The molecule has 2 N–H and O–H groups in total. The summed E-state index contributed by atoms with van der Waals surface area (Å²) in [7, 11) is 0. The van der Waals surface area contributed by atoms with E-state index in [9.17, 15) is 18.0 Å². The lowest BCUT2D eigenvalue weighted by atomic mass is 10.2. The van der Waals surface area contributed by atoms with Gasteiger partial charge in [-0.25, -0.2) is 18.2 Å². The average molecular weight is 242 g/mol. The second-order valence-corrected chi connectivity index (χ2v) is 3.01. The predicted octanol–water partition coefficient (Wildman–Crippen LogP) is 1.47. The van der Waals surface area contributed by atoms with Gasteiger partial charge < -0.3 is 5.32 Å². The molecule has 0 bridgehead atoms. The summed E-state index contributed by atoms with van der Waals surface area (Å²) in [5, 5.41) is 7.68. The van der Waals surface area contributed by atoms with E-state index in [4.69, 9.17) is 0 Å². The number of benzene rings is 1. The summed E-state index contributed by atoms with van der Waals surface area (Å²) in [5.41, 5.74) is -0.481. The van der Waals surface area contributed by atoms with Crippen LogP contribution in [0.4, 0.5) is 18.9 Å². The zero-order chi connectivity index (χ0) is 12.4. The Balaban J connectivity index is 2.25. The minimum atomic E-state index is -1.65. The molecule has 88 valence electrons. The molecule has 0 atom stereocenters. The van der Waals surface area contributed by atoms with Gasteiger partial charge in [0, 0.05) is 0 Å². The van der Waals surface area contributed by atoms with Gasteiger partial charge >= 0.3 is 0 Å². The van der Waals surface area contributed by atoms with Gasteiger partial charge in [0.15, 0.2) is 17.5 Å². The fourth-order valence-electron chi connectivity index (χ4n) is 1.12. The molecule has 1 heterocycles. The quantitative estimate of drug-likeness (QED) is 0.783. The Hall–Kier alpha value is -2.38. The number of rotatable bonds is 2. The molecule has 2 rings (SSSR count). The highest BCUT2D eigenvalue weighted by molar-refractivity contribution is 6.01. The van der Waals surface area contributed by atoms with Crippen LogP contribution in [0, 0.1) is 17.5 Å². The summed E-state index contributed by atoms with van der Waals surface area (Å²) in [5.74, 6) is -5.44. The number of hydrogen-bond acceptors (Lipinski definition) is 3. The number of carbonyl (C=O) groups excluding carboxylic acids is 1. The number of aromatic amines is 1. The Morgan fingerprint density at radius 2 is 2.00 bits per heavy atom. The van der Waals surface area contributed by atoms with Crippen molar-refractivity contribution in [2.45, 2.75) is 0 Å². The molecule has 0 aliphatic heterocycles. The first-order valence-electron chi connectivity index (χ1n) is 4.40. The summed E-state index contributed by atoms with van der Waals surface area (Å²) in [6.07, 6.45) is 1.08. The molecule has 0 saturated heterocycles. The van der Waals surface area contributed by atoms with Gasteiger partial charge in [-0.3, -0.25) is 9.89 Å². The predicted molar refractivity (Wildman–Crippen MR) is 50.7 cm³/mol. The molecule has 0 radical (unpaired) electrons. The first-order valence-corrected chi connectivity index (χ1v) is 4.40. The molecule has 2 aromatic rings. The monoisotopic (exact) mass is 242 g/mol. The molecule has 8 heteroatoms. The third kappa shape index (κ3) is 2.10. The van der Waals surface area contributed by atoms with Crippen molar-refractivity contribution in [3.63, 3.8) is 0 Å². The standard InChI is InChI=1S/C9H5F3N4O/c10-4-1-2-5(7(12)6(4)11)15-9(17)8-13-3-14-16-8/h1-3H,(H,15,17)(H,13,14,16). The van der Waals surface area contributed by atoms with E-state index >= 15 is 0 Å². The van der Waals surface area contributed by atoms with Crippen LogP contribution in [0.2, 0.25) is 0 Å². The normalized spacial score (nSPS) is 10.3. The van der Waals surface area contributed by atoms with Crippen LogP contribution < -0.4 is 5.32 Å². The van der Waals surface area contributed by atoms with Crippen LogP contribution in [0.3, 0.4) is 0 Å². The van der Waals surface area contributed by atoms with Crippen LogP contribution in [0.1, 0.15) is 10.6 Å². The van der Waals surface area contributed by atoms with Crippen molar-refractivity contribution in [1.29, 1.82) is 0 Å². The Morgan fingerprint density at radius 3 is 2.65 bits per heavy atom. The van der Waals surface area contributed by atoms with Crippen molar-refractivity contribution in [1.82, 2.24) is 15.2 Å². The fourth-order valence-corrected chi connectivity index (χ4v) is 1.12. The van der Waals surface area contributed by atoms with E-state index in [2.05, 4.69) is 15.2 Å². The van der Waals surface area contributed by atoms with Gasteiger partial charge in [-0.2, -0.15) is 5.10 Å². The number of halogens is 3. The molecule has 5 nitrogen and oxygen atoms in total. The van der Waals surface area contributed by atoms with Crippen LogP contribution in [-0.4, -0.2) is 21.1 Å². The lowest BCUT2D eigenvalue weighted by Crippen LogP contribution is -2.15. The minimum Gasteiger partial charge on any atom is -0.317 e.